The molecule has 158 valence electrons. The molecule has 0 aliphatic rings. The number of thiophene rings is 1. The molecule has 2 heterocycles. The Kier molecular flexibility index (Phi) is 7.52. The Morgan fingerprint density at radius 3 is 2.63 bits per heavy atom. The second-order valence-corrected chi connectivity index (χ2v) is 8.67. The molecule has 0 saturated heterocycles. The lowest BCUT2D eigenvalue weighted by atomic mass is 10.2. The number of ether oxygens (including phenoxy) is 1. The Labute approximate surface area is 187 Å². The van der Waals surface area contributed by atoms with Gasteiger partial charge in [0.25, 0.3) is 0 Å². The first-order valence-electron chi connectivity index (χ1n) is 9.32. The number of nitrogens with one attached hydrogen (secondary N) is 1. The first-order valence-corrected chi connectivity index (χ1v) is 11.5. The molecule has 0 fully saturated rings. The highest BCUT2D eigenvalue weighted by Crippen LogP contribution is 2.28. The number of thioether (sulfide) groups is 1. The van der Waals surface area contributed by atoms with Crippen LogP contribution in [0.15, 0.2) is 35.5 Å². The summed E-state index contributed by atoms with van der Waals surface area (Å²) in [6.45, 7) is 6.55. The molecule has 30 heavy (non-hydrogen) atoms. The van der Waals surface area contributed by atoms with E-state index in [1.54, 1.807) is 25.1 Å². The monoisotopic (exact) mass is 464 g/mol. The molecular weight excluding hydrogens is 444 g/mol. The highest BCUT2D eigenvalue weighted by molar-refractivity contribution is 7.99. The summed E-state index contributed by atoms with van der Waals surface area (Å²) in [6.07, 6.45) is 0. The zero-order chi connectivity index (χ0) is 21.7. The van der Waals surface area contributed by atoms with Crippen LogP contribution in [0.4, 0.5) is 5.00 Å². The average molecular weight is 465 g/mol. The summed E-state index contributed by atoms with van der Waals surface area (Å²) in [7, 11) is 0. The minimum atomic E-state index is -0.374. The molecule has 0 saturated carbocycles. The van der Waals surface area contributed by atoms with Gasteiger partial charge in [-0.05, 0) is 56.7 Å². The average Bonchev–Trinajstić information content (AvgIpc) is 3.30. The third-order valence-electron chi connectivity index (χ3n) is 4.11. The van der Waals surface area contributed by atoms with Crippen molar-refractivity contribution in [2.45, 2.75) is 32.5 Å². The maximum absolute atomic E-state index is 12.4. The van der Waals surface area contributed by atoms with Gasteiger partial charge in [0.2, 0.25) is 5.91 Å². The lowest BCUT2D eigenvalue weighted by molar-refractivity contribution is -0.113. The summed E-state index contributed by atoms with van der Waals surface area (Å²) in [4.78, 5) is 24.8. The topological polar surface area (TPSA) is 86.1 Å². The van der Waals surface area contributed by atoms with Gasteiger partial charge in [-0.3, -0.25) is 4.79 Å². The van der Waals surface area contributed by atoms with E-state index in [9.17, 15) is 9.59 Å². The molecule has 10 heteroatoms. The van der Waals surface area contributed by atoms with Gasteiger partial charge in [0.15, 0.2) is 11.0 Å². The number of aromatic nitrogens is 3. The molecule has 0 radical (unpaired) electrons. The molecular formula is C20H21ClN4O3S2. The van der Waals surface area contributed by atoms with Gasteiger partial charge in [-0.15, -0.1) is 21.5 Å². The lowest BCUT2D eigenvalue weighted by Gasteiger charge is -2.07. The van der Waals surface area contributed by atoms with Crippen molar-refractivity contribution in [2.75, 3.05) is 17.7 Å². The van der Waals surface area contributed by atoms with E-state index in [1.807, 2.05) is 30.5 Å². The van der Waals surface area contributed by atoms with E-state index in [2.05, 4.69) is 15.5 Å². The Morgan fingerprint density at radius 1 is 1.23 bits per heavy atom. The zero-order valence-corrected chi connectivity index (χ0v) is 19.2. The van der Waals surface area contributed by atoms with E-state index in [-0.39, 0.29) is 17.6 Å². The molecule has 1 aromatic carbocycles. The molecule has 1 N–H and O–H groups in total. The lowest BCUT2D eigenvalue weighted by Crippen LogP contribution is -2.13. The fourth-order valence-electron chi connectivity index (χ4n) is 2.74. The first-order chi connectivity index (χ1) is 14.4. The van der Waals surface area contributed by atoms with Crippen LogP contribution in [0, 0.1) is 6.92 Å². The number of hydrogen-bond donors (Lipinski definition) is 1. The molecule has 0 spiro atoms. The van der Waals surface area contributed by atoms with E-state index < -0.39 is 0 Å². The van der Waals surface area contributed by atoms with Crippen LogP contribution in [0.5, 0.6) is 0 Å². The number of rotatable bonds is 8. The zero-order valence-electron chi connectivity index (χ0n) is 16.8. The Bertz CT molecular complexity index is 1050. The van der Waals surface area contributed by atoms with Crippen LogP contribution in [0.3, 0.4) is 0 Å². The van der Waals surface area contributed by atoms with Crippen molar-refractivity contribution in [1.29, 1.82) is 0 Å². The van der Waals surface area contributed by atoms with Gasteiger partial charge in [0.05, 0.1) is 17.4 Å². The molecule has 3 rings (SSSR count). The highest BCUT2D eigenvalue weighted by Gasteiger charge is 2.17. The number of carbonyl (C=O) groups is 2. The van der Waals surface area contributed by atoms with E-state index >= 15 is 0 Å². The molecule has 0 aliphatic carbocycles. The second kappa shape index (κ2) is 10.1. The van der Waals surface area contributed by atoms with Crippen LogP contribution in [0.1, 0.15) is 29.1 Å². The van der Waals surface area contributed by atoms with Crippen molar-refractivity contribution in [3.8, 4) is 11.4 Å². The number of anilines is 1. The SMILES string of the molecule is CCOC(=O)c1sc(NC(=O)CSc2nnc(-c3ccc(Cl)cc3)n2CC)cc1C. The number of benzene rings is 1. The molecule has 0 aliphatic heterocycles. The van der Waals surface area contributed by atoms with Gasteiger partial charge in [-0.2, -0.15) is 0 Å². The predicted molar refractivity (Wildman–Crippen MR) is 121 cm³/mol. The smallest absolute Gasteiger partial charge is 0.348 e. The summed E-state index contributed by atoms with van der Waals surface area (Å²) >= 11 is 8.47. The van der Waals surface area contributed by atoms with Gasteiger partial charge < -0.3 is 14.6 Å². The van der Waals surface area contributed by atoms with Crippen molar-refractivity contribution in [1.82, 2.24) is 14.8 Å². The molecule has 2 aromatic heterocycles. The number of hydrogen-bond acceptors (Lipinski definition) is 7. The number of halogens is 1. The Morgan fingerprint density at radius 2 is 1.97 bits per heavy atom. The highest BCUT2D eigenvalue weighted by atomic mass is 35.5. The number of esters is 1. The molecule has 0 atom stereocenters. The van der Waals surface area contributed by atoms with Gasteiger partial charge in [0, 0.05) is 17.1 Å². The van der Waals surface area contributed by atoms with Gasteiger partial charge in [-0.25, -0.2) is 4.79 Å². The van der Waals surface area contributed by atoms with Crippen molar-refractivity contribution >= 4 is 51.6 Å². The van der Waals surface area contributed by atoms with Gasteiger partial charge in [-0.1, -0.05) is 23.4 Å². The standard InChI is InChI=1S/C20H21ClN4O3S2/c1-4-25-18(13-6-8-14(21)9-7-13)23-24-20(25)29-11-15(26)22-16-10-12(3)17(30-16)19(27)28-5-2/h6-10H,4-5,11H2,1-3H3,(H,22,26). The third-order valence-corrected chi connectivity index (χ3v) is 6.46. The first kappa shape index (κ1) is 22.3. The van der Waals surface area contributed by atoms with Crippen LogP contribution in [0.2, 0.25) is 5.02 Å². The number of amides is 1. The van der Waals surface area contributed by atoms with Crippen molar-refractivity contribution in [2.24, 2.45) is 0 Å². The van der Waals surface area contributed by atoms with E-state index in [1.165, 1.54) is 23.1 Å². The van der Waals surface area contributed by atoms with Crippen LogP contribution in [-0.4, -0.2) is 39.0 Å². The van der Waals surface area contributed by atoms with Crippen molar-refractivity contribution in [3.05, 3.63) is 45.8 Å². The Hall–Kier alpha value is -2.36. The molecule has 3 aromatic rings. The molecule has 0 bridgehead atoms. The summed E-state index contributed by atoms with van der Waals surface area (Å²) in [5.74, 6) is 0.339. The minimum absolute atomic E-state index is 0.171. The van der Waals surface area contributed by atoms with Crippen molar-refractivity contribution < 1.29 is 14.3 Å². The number of nitrogens with zero attached hydrogens (tertiary/aromatic N) is 3. The largest absolute Gasteiger partial charge is 0.462 e. The van der Waals surface area contributed by atoms with E-state index in [0.29, 0.717) is 33.2 Å². The molecule has 0 unspecified atom stereocenters. The fourth-order valence-corrected chi connectivity index (χ4v) is 4.65. The van der Waals surface area contributed by atoms with E-state index in [0.717, 1.165) is 17.0 Å². The number of aryl methyl sites for hydroxylation is 1. The predicted octanol–water partition coefficient (Wildman–Crippen LogP) is 4.90. The fraction of sp³-hybridized carbons (Fsp3) is 0.300. The van der Waals surface area contributed by atoms with Crippen LogP contribution in [0.25, 0.3) is 11.4 Å². The maximum atomic E-state index is 12.4. The third kappa shape index (κ3) is 5.21. The van der Waals surface area contributed by atoms with Crippen LogP contribution >= 0.6 is 34.7 Å². The maximum Gasteiger partial charge on any atom is 0.348 e. The van der Waals surface area contributed by atoms with Crippen LogP contribution in [-0.2, 0) is 16.1 Å². The van der Waals surface area contributed by atoms with Gasteiger partial charge in [0.1, 0.15) is 4.88 Å². The molecule has 7 nitrogen and oxygen atoms in total. The van der Waals surface area contributed by atoms with E-state index in [4.69, 9.17) is 16.3 Å². The molecule has 1 amide bonds. The summed E-state index contributed by atoms with van der Waals surface area (Å²) < 4.78 is 6.99. The number of carbonyl (C=O) groups excluding carboxylic acids is 2. The summed E-state index contributed by atoms with van der Waals surface area (Å²) in [5.41, 5.74) is 1.69. The minimum Gasteiger partial charge on any atom is -0.462 e. The summed E-state index contributed by atoms with van der Waals surface area (Å²) in [6, 6.07) is 9.16. The van der Waals surface area contributed by atoms with Crippen molar-refractivity contribution in [3.63, 3.8) is 0 Å². The second-order valence-electron chi connectivity index (χ2n) is 6.24. The summed E-state index contributed by atoms with van der Waals surface area (Å²) in [5, 5.41) is 13.3. The van der Waals surface area contributed by atoms with Gasteiger partial charge >= 0.3 is 5.97 Å². The Balaban J connectivity index is 1.65. The normalized spacial score (nSPS) is 10.8. The quantitative estimate of drug-likeness (QED) is 0.377. The van der Waals surface area contributed by atoms with Crippen LogP contribution < -0.4 is 5.32 Å².